The predicted octanol–water partition coefficient (Wildman–Crippen LogP) is 2.61. The molecule has 0 bridgehead atoms. The molecule has 0 radical (unpaired) electrons. The SMILES string of the molecule is O=C(O)CC1CSCCN1C(=O)NCc1cc(Br)cs1. The first kappa shape index (κ1) is 15.7. The molecule has 5 nitrogen and oxygen atoms in total. The van der Waals surface area contributed by atoms with Gasteiger partial charge in [0, 0.05) is 32.8 Å². The number of thioether (sulfide) groups is 1. The minimum Gasteiger partial charge on any atom is -0.481 e. The van der Waals surface area contributed by atoms with Gasteiger partial charge >= 0.3 is 12.0 Å². The summed E-state index contributed by atoms with van der Waals surface area (Å²) >= 11 is 6.64. The van der Waals surface area contributed by atoms with Crippen LogP contribution < -0.4 is 5.32 Å². The average Bonchev–Trinajstić information content (AvgIpc) is 2.82. The van der Waals surface area contributed by atoms with Gasteiger partial charge in [-0.05, 0) is 22.0 Å². The summed E-state index contributed by atoms with van der Waals surface area (Å²) in [5, 5.41) is 13.7. The number of amides is 2. The van der Waals surface area contributed by atoms with E-state index in [0.717, 1.165) is 15.1 Å². The molecule has 0 aliphatic carbocycles. The summed E-state index contributed by atoms with van der Waals surface area (Å²) in [5.41, 5.74) is 0. The molecule has 2 heterocycles. The van der Waals surface area contributed by atoms with Crippen LogP contribution in [0.1, 0.15) is 11.3 Å². The number of urea groups is 1. The van der Waals surface area contributed by atoms with Crippen molar-refractivity contribution in [2.24, 2.45) is 0 Å². The minimum absolute atomic E-state index is 0.00493. The van der Waals surface area contributed by atoms with Crippen molar-refractivity contribution in [1.29, 1.82) is 0 Å². The number of halogens is 1. The van der Waals surface area contributed by atoms with E-state index in [1.54, 1.807) is 28.0 Å². The summed E-state index contributed by atoms with van der Waals surface area (Å²) in [6.07, 6.45) is 0.00493. The molecular weight excluding hydrogens is 364 g/mol. The first-order valence-corrected chi connectivity index (χ1v) is 8.96. The van der Waals surface area contributed by atoms with Gasteiger partial charge in [-0.2, -0.15) is 11.8 Å². The number of hydrogen-bond donors (Lipinski definition) is 2. The van der Waals surface area contributed by atoms with Crippen LogP contribution in [0.25, 0.3) is 0 Å². The van der Waals surface area contributed by atoms with Gasteiger partial charge in [0.15, 0.2) is 0 Å². The quantitative estimate of drug-likeness (QED) is 0.844. The van der Waals surface area contributed by atoms with Gasteiger partial charge in [0.05, 0.1) is 19.0 Å². The highest BCUT2D eigenvalue weighted by Crippen LogP contribution is 2.21. The lowest BCUT2D eigenvalue weighted by molar-refractivity contribution is -0.137. The molecule has 0 spiro atoms. The van der Waals surface area contributed by atoms with Gasteiger partial charge in [0.2, 0.25) is 0 Å². The number of carbonyl (C=O) groups is 2. The van der Waals surface area contributed by atoms with Crippen LogP contribution in [0.3, 0.4) is 0 Å². The third-order valence-corrected chi connectivity index (χ3v) is 5.72. The fourth-order valence-corrected chi connectivity index (χ4v) is 4.46. The van der Waals surface area contributed by atoms with Crippen LogP contribution in [-0.4, -0.2) is 46.1 Å². The Morgan fingerprint density at radius 3 is 3.00 bits per heavy atom. The zero-order valence-corrected chi connectivity index (χ0v) is 13.9. The second kappa shape index (κ2) is 7.33. The Bertz CT molecular complexity index is 495. The van der Waals surface area contributed by atoms with Crippen LogP contribution in [0.2, 0.25) is 0 Å². The Labute approximate surface area is 133 Å². The van der Waals surface area contributed by atoms with Gasteiger partial charge in [0.1, 0.15) is 0 Å². The van der Waals surface area contributed by atoms with Crippen molar-refractivity contribution in [3.8, 4) is 0 Å². The van der Waals surface area contributed by atoms with Crippen molar-refractivity contribution >= 4 is 51.0 Å². The summed E-state index contributed by atoms with van der Waals surface area (Å²) < 4.78 is 1.00. The number of aliphatic carboxylic acids is 1. The molecule has 1 aromatic rings. The van der Waals surface area contributed by atoms with Gasteiger partial charge in [-0.1, -0.05) is 0 Å². The van der Waals surface area contributed by atoms with E-state index in [-0.39, 0.29) is 18.5 Å². The summed E-state index contributed by atoms with van der Waals surface area (Å²) in [5.74, 6) is 0.677. The molecule has 8 heteroatoms. The summed E-state index contributed by atoms with van der Waals surface area (Å²) in [6.45, 7) is 1.07. The molecule has 2 amide bonds. The molecule has 2 N–H and O–H groups in total. The molecule has 1 saturated heterocycles. The first-order chi connectivity index (χ1) is 9.56. The van der Waals surface area contributed by atoms with E-state index in [1.807, 2.05) is 11.4 Å². The summed E-state index contributed by atoms with van der Waals surface area (Å²) in [7, 11) is 0. The van der Waals surface area contributed by atoms with Crippen molar-refractivity contribution in [3.63, 3.8) is 0 Å². The molecular formula is C12H15BrN2O3S2. The molecule has 1 atom stereocenters. The van der Waals surface area contributed by atoms with Gasteiger partial charge in [-0.25, -0.2) is 4.79 Å². The van der Waals surface area contributed by atoms with E-state index in [2.05, 4.69) is 21.2 Å². The van der Waals surface area contributed by atoms with Crippen LogP contribution in [-0.2, 0) is 11.3 Å². The second-order valence-corrected chi connectivity index (χ2v) is 7.47. The summed E-state index contributed by atoms with van der Waals surface area (Å²) in [6, 6.07) is 1.56. The highest BCUT2D eigenvalue weighted by atomic mass is 79.9. The Morgan fingerprint density at radius 1 is 1.55 bits per heavy atom. The van der Waals surface area contributed by atoms with E-state index in [4.69, 9.17) is 5.11 Å². The van der Waals surface area contributed by atoms with Crippen molar-refractivity contribution < 1.29 is 14.7 Å². The standard InChI is InChI=1S/C12H15BrN2O3S2/c13-8-3-10(20-6-8)5-14-12(18)15-1-2-19-7-9(15)4-11(16)17/h3,6,9H,1-2,4-5,7H2,(H,14,18)(H,16,17). The topological polar surface area (TPSA) is 69.6 Å². The Hall–Kier alpha value is -0.730. The van der Waals surface area contributed by atoms with Crippen molar-refractivity contribution in [2.45, 2.75) is 19.0 Å². The Morgan fingerprint density at radius 2 is 2.35 bits per heavy atom. The molecule has 20 heavy (non-hydrogen) atoms. The molecule has 1 aromatic heterocycles. The van der Waals surface area contributed by atoms with Crippen LogP contribution in [0.4, 0.5) is 4.79 Å². The first-order valence-electron chi connectivity index (χ1n) is 6.13. The van der Waals surface area contributed by atoms with Crippen LogP contribution in [0, 0.1) is 0 Å². The Balaban J connectivity index is 1.90. The lowest BCUT2D eigenvalue weighted by Gasteiger charge is -2.34. The van der Waals surface area contributed by atoms with Crippen molar-refractivity contribution in [2.75, 3.05) is 18.1 Å². The average molecular weight is 379 g/mol. The lowest BCUT2D eigenvalue weighted by Crippen LogP contribution is -2.51. The fraction of sp³-hybridized carbons (Fsp3) is 0.500. The highest BCUT2D eigenvalue weighted by Gasteiger charge is 2.28. The number of carboxylic acid groups (broad SMARTS) is 1. The van der Waals surface area contributed by atoms with Gasteiger partial charge < -0.3 is 15.3 Å². The number of hydrogen-bond acceptors (Lipinski definition) is 4. The maximum atomic E-state index is 12.2. The number of carbonyl (C=O) groups excluding carboxylic acids is 1. The minimum atomic E-state index is -0.863. The summed E-state index contributed by atoms with van der Waals surface area (Å²) in [4.78, 5) is 25.7. The van der Waals surface area contributed by atoms with E-state index in [1.165, 1.54) is 0 Å². The highest BCUT2D eigenvalue weighted by molar-refractivity contribution is 9.10. The normalized spacial score (nSPS) is 18.9. The molecule has 0 saturated carbocycles. The van der Waals surface area contributed by atoms with Gasteiger partial charge in [0.25, 0.3) is 0 Å². The van der Waals surface area contributed by atoms with Crippen molar-refractivity contribution in [1.82, 2.24) is 10.2 Å². The molecule has 1 aliphatic rings. The number of thiophene rings is 1. The monoisotopic (exact) mass is 378 g/mol. The molecule has 1 fully saturated rings. The third-order valence-electron chi connectivity index (χ3n) is 2.93. The van der Waals surface area contributed by atoms with E-state index < -0.39 is 5.97 Å². The molecule has 1 aliphatic heterocycles. The largest absolute Gasteiger partial charge is 0.481 e. The van der Waals surface area contributed by atoms with Crippen LogP contribution in [0.5, 0.6) is 0 Å². The maximum absolute atomic E-state index is 12.2. The molecule has 110 valence electrons. The number of rotatable bonds is 4. The molecule has 0 aromatic carbocycles. The van der Waals surface area contributed by atoms with E-state index >= 15 is 0 Å². The Kier molecular flexibility index (Phi) is 5.74. The number of nitrogens with one attached hydrogen (secondary N) is 1. The van der Waals surface area contributed by atoms with Crippen LogP contribution >= 0.6 is 39.0 Å². The van der Waals surface area contributed by atoms with Crippen LogP contribution in [0.15, 0.2) is 15.9 Å². The number of carboxylic acids is 1. The third kappa shape index (κ3) is 4.39. The fourth-order valence-electron chi connectivity index (χ4n) is 2.00. The zero-order valence-electron chi connectivity index (χ0n) is 10.7. The zero-order chi connectivity index (χ0) is 14.5. The van der Waals surface area contributed by atoms with E-state index in [9.17, 15) is 9.59 Å². The van der Waals surface area contributed by atoms with Gasteiger partial charge in [-0.3, -0.25) is 4.79 Å². The second-order valence-electron chi connectivity index (χ2n) is 4.41. The van der Waals surface area contributed by atoms with E-state index in [0.29, 0.717) is 18.8 Å². The smallest absolute Gasteiger partial charge is 0.318 e. The predicted molar refractivity (Wildman–Crippen MR) is 84.3 cm³/mol. The molecule has 1 unspecified atom stereocenters. The lowest BCUT2D eigenvalue weighted by atomic mass is 10.2. The number of nitrogens with zero attached hydrogens (tertiary/aromatic N) is 1. The maximum Gasteiger partial charge on any atom is 0.318 e. The van der Waals surface area contributed by atoms with Crippen molar-refractivity contribution in [3.05, 3.63) is 20.8 Å². The molecule has 2 rings (SSSR count). The van der Waals surface area contributed by atoms with Gasteiger partial charge in [-0.15, -0.1) is 11.3 Å².